The Morgan fingerprint density at radius 1 is 1.00 bits per heavy atom. The highest BCUT2D eigenvalue weighted by molar-refractivity contribution is 5.68. The molecule has 0 saturated carbocycles. The van der Waals surface area contributed by atoms with Crippen LogP contribution in [0.15, 0.2) is 60.8 Å². The topological polar surface area (TPSA) is 12.0 Å². The average Bonchev–Trinajstić information content (AvgIpc) is 2.45. The molecular weight excluding hydrogens is 230 g/mol. The molecule has 0 aliphatic heterocycles. The number of aryl methyl sites for hydroxylation is 1. The fourth-order valence-corrected chi connectivity index (χ4v) is 2.20. The van der Waals surface area contributed by atoms with Gasteiger partial charge in [0.15, 0.2) is 0 Å². The molecule has 0 aromatic heterocycles. The van der Waals surface area contributed by atoms with E-state index < -0.39 is 0 Å². The molecule has 1 heteroatoms. The van der Waals surface area contributed by atoms with Gasteiger partial charge in [-0.05, 0) is 43.7 Å². The Labute approximate surface area is 116 Å². The van der Waals surface area contributed by atoms with Gasteiger partial charge in [-0.1, -0.05) is 60.2 Å². The normalized spacial score (nSPS) is 12.6. The second-order valence-corrected chi connectivity index (χ2v) is 4.84. The number of hydrogen-bond acceptors (Lipinski definition) is 1. The minimum Gasteiger partial charge on any atom is -0.385 e. The monoisotopic (exact) mass is 251 g/mol. The Bertz CT molecular complexity index is 552. The second-order valence-electron chi connectivity index (χ2n) is 4.84. The predicted molar refractivity (Wildman–Crippen MR) is 83.0 cm³/mol. The van der Waals surface area contributed by atoms with Crippen molar-refractivity contribution in [1.82, 2.24) is 5.32 Å². The lowest BCUT2D eigenvalue weighted by Crippen LogP contribution is -2.12. The van der Waals surface area contributed by atoms with Crippen LogP contribution in [0.25, 0.3) is 11.1 Å². The summed E-state index contributed by atoms with van der Waals surface area (Å²) in [7, 11) is 0. The highest BCUT2D eigenvalue weighted by Gasteiger charge is 2.09. The van der Waals surface area contributed by atoms with Crippen LogP contribution in [0.5, 0.6) is 0 Å². The third kappa shape index (κ3) is 3.25. The molecule has 98 valence electrons. The molecule has 0 amide bonds. The first kappa shape index (κ1) is 13.4. The molecule has 1 N–H and O–H groups in total. The molecular formula is C18H21N. The van der Waals surface area contributed by atoms with E-state index in [0.29, 0.717) is 6.04 Å². The Kier molecular flexibility index (Phi) is 4.40. The van der Waals surface area contributed by atoms with Gasteiger partial charge in [-0.2, -0.15) is 0 Å². The summed E-state index contributed by atoms with van der Waals surface area (Å²) in [6.07, 6.45) is 4.02. The summed E-state index contributed by atoms with van der Waals surface area (Å²) in [4.78, 5) is 0. The van der Waals surface area contributed by atoms with E-state index in [1.165, 1.54) is 22.3 Å². The van der Waals surface area contributed by atoms with Crippen LogP contribution in [0.1, 0.15) is 31.0 Å². The standard InChI is InChI=1S/C18H21N/c1-4-13-19-15(3)17-7-5-6-8-18(17)16-11-9-14(2)10-12-16/h4-13,15,19H,1-3H3/b13-4-. The Hall–Kier alpha value is -2.02. The van der Waals surface area contributed by atoms with Crippen molar-refractivity contribution in [1.29, 1.82) is 0 Å². The number of nitrogens with one attached hydrogen (secondary N) is 1. The van der Waals surface area contributed by atoms with Crippen molar-refractivity contribution in [2.24, 2.45) is 0 Å². The van der Waals surface area contributed by atoms with Crippen molar-refractivity contribution in [3.8, 4) is 11.1 Å². The van der Waals surface area contributed by atoms with Gasteiger partial charge in [-0.25, -0.2) is 0 Å². The third-order valence-electron chi connectivity index (χ3n) is 3.30. The summed E-state index contributed by atoms with van der Waals surface area (Å²) in [6.45, 7) is 6.32. The van der Waals surface area contributed by atoms with Gasteiger partial charge in [0.1, 0.15) is 0 Å². The lowest BCUT2D eigenvalue weighted by molar-refractivity contribution is 0.687. The molecule has 2 rings (SSSR count). The van der Waals surface area contributed by atoms with Crippen LogP contribution in [-0.4, -0.2) is 0 Å². The molecule has 0 heterocycles. The minimum absolute atomic E-state index is 0.300. The van der Waals surface area contributed by atoms with E-state index in [4.69, 9.17) is 0 Å². The summed E-state index contributed by atoms with van der Waals surface area (Å²) in [6, 6.07) is 17.6. The van der Waals surface area contributed by atoms with E-state index in [2.05, 4.69) is 67.7 Å². The van der Waals surface area contributed by atoms with Gasteiger partial charge < -0.3 is 5.32 Å². The van der Waals surface area contributed by atoms with E-state index in [0.717, 1.165) is 0 Å². The first-order valence-electron chi connectivity index (χ1n) is 6.75. The highest BCUT2D eigenvalue weighted by atomic mass is 14.9. The van der Waals surface area contributed by atoms with Gasteiger partial charge in [-0.15, -0.1) is 0 Å². The van der Waals surface area contributed by atoms with Gasteiger partial charge in [0.2, 0.25) is 0 Å². The van der Waals surface area contributed by atoms with Gasteiger partial charge >= 0.3 is 0 Å². The van der Waals surface area contributed by atoms with Crippen LogP contribution in [0.3, 0.4) is 0 Å². The van der Waals surface area contributed by atoms with Crippen molar-refractivity contribution >= 4 is 0 Å². The maximum absolute atomic E-state index is 3.39. The smallest absolute Gasteiger partial charge is 0.0486 e. The van der Waals surface area contributed by atoms with Crippen molar-refractivity contribution in [3.05, 3.63) is 71.9 Å². The van der Waals surface area contributed by atoms with Crippen molar-refractivity contribution < 1.29 is 0 Å². The minimum atomic E-state index is 0.300. The van der Waals surface area contributed by atoms with Gasteiger partial charge in [0.25, 0.3) is 0 Å². The van der Waals surface area contributed by atoms with Crippen molar-refractivity contribution in [3.63, 3.8) is 0 Å². The fraction of sp³-hybridized carbons (Fsp3) is 0.222. The number of hydrogen-bond donors (Lipinski definition) is 1. The first-order valence-corrected chi connectivity index (χ1v) is 6.75. The zero-order valence-electron chi connectivity index (χ0n) is 11.9. The van der Waals surface area contributed by atoms with Gasteiger partial charge in [-0.3, -0.25) is 0 Å². The third-order valence-corrected chi connectivity index (χ3v) is 3.30. The van der Waals surface area contributed by atoms with Crippen LogP contribution < -0.4 is 5.32 Å². The van der Waals surface area contributed by atoms with Crippen molar-refractivity contribution in [2.45, 2.75) is 26.8 Å². The van der Waals surface area contributed by atoms with E-state index in [1.54, 1.807) is 0 Å². The Morgan fingerprint density at radius 2 is 1.68 bits per heavy atom. The largest absolute Gasteiger partial charge is 0.385 e. The summed E-state index contributed by atoms with van der Waals surface area (Å²) >= 11 is 0. The molecule has 2 aromatic carbocycles. The summed E-state index contributed by atoms with van der Waals surface area (Å²) in [5, 5.41) is 3.39. The number of rotatable bonds is 4. The van der Waals surface area contributed by atoms with Gasteiger partial charge in [0.05, 0.1) is 0 Å². The summed E-state index contributed by atoms with van der Waals surface area (Å²) in [5.41, 5.74) is 5.19. The zero-order chi connectivity index (χ0) is 13.7. The molecule has 1 unspecified atom stereocenters. The molecule has 1 atom stereocenters. The first-order chi connectivity index (χ1) is 9.22. The Morgan fingerprint density at radius 3 is 2.37 bits per heavy atom. The molecule has 1 nitrogen and oxygen atoms in total. The lowest BCUT2D eigenvalue weighted by atomic mass is 9.95. The van der Waals surface area contributed by atoms with Crippen LogP contribution in [-0.2, 0) is 0 Å². The molecule has 2 aromatic rings. The predicted octanol–water partition coefficient (Wildman–Crippen LogP) is 4.85. The number of allylic oxidation sites excluding steroid dienone is 1. The van der Waals surface area contributed by atoms with E-state index in [9.17, 15) is 0 Å². The molecule has 19 heavy (non-hydrogen) atoms. The maximum Gasteiger partial charge on any atom is 0.0486 e. The van der Waals surface area contributed by atoms with Crippen LogP contribution in [0.2, 0.25) is 0 Å². The quantitative estimate of drug-likeness (QED) is 0.819. The molecule has 0 spiro atoms. The molecule has 0 aliphatic carbocycles. The van der Waals surface area contributed by atoms with E-state index in [1.807, 2.05) is 19.2 Å². The van der Waals surface area contributed by atoms with Gasteiger partial charge in [0, 0.05) is 6.04 Å². The molecule has 0 saturated heterocycles. The lowest BCUT2D eigenvalue weighted by Gasteiger charge is -2.17. The number of benzene rings is 2. The maximum atomic E-state index is 3.39. The molecule has 0 radical (unpaired) electrons. The highest BCUT2D eigenvalue weighted by Crippen LogP contribution is 2.28. The SMILES string of the molecule is C/C=C\NC(C)c1ccccc1-c1ccc(C)cc1. The fourth-order valence-electron chi connectivity index (χ4n) is 2.20. The molecule has 0 aliphatic rings. The van der Waals surface area contributed by atoms with Crippen LogP contribution >= 0.6 is 0 Å². The van der Waals surface area contributed by atoms with E-state index >= 15 is 0 Å². The molecule has 0 bridgehead atoms. The van der Waals surface area contributed by atoms with Crippen molar-refractivity contribution in [2.75, 3.05) is 0 Å². The zero-order valence-corrected chi connectivity index (χ0v) is 11.9. The average molecular weight is 251 g/mol. The van der Waals surface area contributed by atoms with Crippen LogP contribution in [0.4, 0.5) is 0 Å². The second kappa shape index (κ2) is 6.24. The Balaban J connectivity index is 2.38. The molecule has 0 fully saturated rings. The van der Waals surface area contributed by atoms with E-state index in [-0.39, 0.29) is 0 Å². The van der Waals surface area contributed by atoms with Crippen LogP contribution in [0, 0.1) is 6.92 Å². The summed E-state index contributed by atoms with van der Waals surface area (Å²) < 4.78 is 0. The summed E-state index contributed by atoms with van der Waals surface area (Å²) in [5.74, 6) is 0.